The Morgan fingerprint density at radius 3 is 2.55 bits per heavy atom. The summed E-state index contributed by atoms with van der Waals surface area (Å²) >= 11 is 0. The first-order valence-electron chi connectivity index (χ1n) is 12.6. The van der Waals surface area contributed by atoms with Crippen molar-refractivity contribution in [1.29, 1.82) is 0 Å². The average molecular weight is 401 g/mol. The lowest BCUT2D eigenvalue weighted by molar-refractivity contribution is -0.115. The summed E-state index contributed by atoms with van der Waals surface area (Å²) in [4.78, 5) is 13.4. The van der Waals surface area contributed by atoms with E-state index in [0.29, 0.717) is 34.9 Å². The fourth-order valence-corrected chi connectivity index (χ4v) is 8.22. The zero-order valence-electron chi connectivity index (χ0n) is 19.6. The largest absolute Gasteiger partial charge is 0.393 e. The molecule has 0 amide bonds. The lowest BCUT2D eigenvalue weighted by Crippen LogP contribution is -2.48. The molecular formula is C27H44O2. The van der Waals surface area contributed by atoms with Crippen LogP contribution in [0.25, 0.3) is 0 Å². The zero-order chi connectivity index (χ0) is 21.0. The van der Waals surface area contributed by atoms with Crippen molar-refractivity contribution in [3.63, 3.8) is 0 Å². The van der Waals surface area contributed by atoms with E-state index in [2.05, 4.69) is 34.6 Å². The average Bonchev–Trinajstić information content (AvgIpc) is 2.93. The molecule has 0 heterocycles. The second kappa shape index (κ2) is 7.81. The molecule has 3 fully saturated rings. The fraction of sp³-hybridized carbons (Fsp3) is 0.889. The van der Waals surface area contributed by atoms with Crippen molar-refractivity contribution in [2.45, 2.75) is 111 Å². The molecule has 7 atom stereocenters. The number of carbonyl (C=O) groups excluding carboxylic acids is 1. The summed E-state index contributed by atoms with van der Waals surface area (Å²) in [5, 5.41) is 10.2. The monoisotopic (exact) mass is 400 g/mol. The number of aliphatic hydroxyl groups excluding tert-OH is 1. The maximum Gasteiger partial charge on any atom is 0.159 e. The Balaban J connectivity index is 1.59. The maximum atomic E-state index is 13.4. The van der Waals surface area contributed by atoms with Crippen LogP contribution in [0.1, 0.15) is 105 Å². The van der Waals surface area contributed by atoms with E-state index < -0.39 is 0 Å². The van der Waals surface area contributed by atoms with Crippen LogP contribution in [0.4, 0.5) is 0 Å². The predicted octanol–water partition coefficient (Wildman–Crippen LogP) is 6.71. The Morgan fingerprint density at radius 2 is 1.83 bits per heavy atom. The zero-order valence-corrected chi connectivity index (χ0v) is 19.6. The third kappa shape index (κ3) is 3.56. The van der Waals surface area contributed by atoms with E-state index in [0.717, 1.165) is 38.0 Å². The molecule has 3 saturated carbocycles. The van der Waals surface area contributed by atoms with Gasteiger partial charge >= 0.3 is 0 Å². The number of rotatable bonds is 5. The molecule has 0 spiro atoms. The van der Waals surface area contributed by atoms with E-state index in [1.807, 2.05) is 0 Å². The first-order valence-corrected chi connectivity index (χ1v) is 12.6. The highest BCUT2D eigenvalue weighted by molar-refractivity contribution is 6.00. The molecule has 0 aromatic heterocycles. The van der Waals surface area contributed by atoms with E-state index in [1.165, 1.54) is 44.1 Å². The van der Waals surface area contributed by atoms with E-state index in [1.54, 1.807) is 5.57 Å². The Bertz CT molecular complexity index is 676. The van der Waals surface area contributed by atoms with Crippen LogP contribution in [-0.2, 0) is 4.79 Å². The minimum atomic E-state index is -0.0969. The molecule has 0 aromatic carbocycles. The maximum absolute atomic E-state index is 13.4. The number of aliphatic hydroxyl groups is 1. The summed E-state index contributed by atoms with van der Waals surface area (Å²) in [7, 11) is 0. The Labute approximate surface area is 178 Å². The van der Waals surface area contributed by atoms with Gasteiger partial charge in [-0.15, -0.1) is 0 Å². The first-order chi connectivity index (χ1) is 13.7. The Kier molecular flexibility index (Phi) is 5.82. The smallest absolute Gasteiger partial charge is 0.159 e. The van der Waals surface area contributed by atoms with Crippen LogP contribution in [-0.4, -0.2) is 17.0 Å². The van der Waals surface area contributed by atoms with Crippen molar-refractivity contribution in [1.82, 2.24) is 0 Å². The standard InChI is InChI=1S/C27H44O2/c1-17(2)7-6-8-18(3)23-16-24(29)25-21-10-9-19-15-20(28)11-13-26(19,4)22(21)12-14-27(23,25)5/h17-20,22-23,28H,6-16H2,1-5H3/t18?,19-,20-,22-,23+,26-,27+/m0/s1. The summed E-state index contributed by atoms with van der Waals surface area (Å²) in [5.41, 5.74) is 3.29. The SMILES string of the molecule is CC(C)CCCC(C)[C@H]1CC(=O)C2=C3CC[C@H]4C[C@@H](O)CC[C@]4(C)[C@H]3CC[C@@]21C. The van der Waals surface area contributed by atoms with Crippen molar-refractivity contribution < 1.29 is 9.90 Å². The van der Waals surface area contributed by atoms with Crippen LogP contribution in [0.15, 0.2) is 11.1 Å². The van der Waals surface area contributed by atoms with Gasteiger partial charge in [-0.25, -0.2) is 0 Å². The lowest BCUT2D eigenvalue weighted by Gasteiger charge is -2.56. The molecule has 4 rings (SSSR count). The summed E-state index contributed by atoms with van der Waals surface area (Å²) in [5.74, 6) is 3.70. The highest BCUT2D eigenvalue weighted by Gasteiger charge is 2.57. The molecule has 2 heteroatoms. The van der Waals surface area contributed by atoms with Crippen molar-refractivity contribution in [3.05, 3.63) is 11.1 Å². The van der Waals surface area contributed by atoms with Gasteiger partial charge in [0.05, 0.1) is 6.10 Å². The lowest BCUT2D eigenvalue weighted by atomic mass is 9.48. The summed E-state index contributed by atoms with van der Waals surface area (Å²) < 4.78 is 0. The quantitative estimate of drug-likeness (QED) is 0.556. The number of Topliss-reactive ketones (excluding diaryl/α,β-unsaturated/α-hetero) is 1. The third-order valence-corrected chi connectivity index (χ3v) is 9.96. The highest BCUT2D eigenvalue weighted by atomic mass is 16.3. The third-order valence-electron chi connectivity index (χ3n) is 9.96. The molecule has 0 bridgehead atoms. The van der Waals surface area contributed by atoms with Gasteiger partial charge in [0.15, 0.2) is 5.78 Å². The minimum absolute atomic E-state index is 0.0969. The number of carbonyl (C=O) groups is 1. The highest BCUT2D eigenvalue weighted by Crippen LogP contribution is 2.65. The summed E-state index contributed by atoms with van der Waals surface area (Å²) in [6.45, 7) is 12.0. The summed E-state index contributed by atoms with van der Waals surface area (Å²) in [6, 6.07) is 0. The van der Waals surface area contributed by atoms with Crippen LogP contribution in [0.5, 0.6) is 0 Å². The number of allylic oxidation sites excluding steroid dienone is 2. The van der Waals surface area contributed by atoms with Gasteiger partial charge in [0.25, 0.3) is 0 Å². The van der Waals surface area contributed by atoms with E-state index in [-0.39, 0.29) is 11.5 Å². The number of ketones is 1. The predicted molar refractivity (Wildman–Crippen MR) is 120 cm³/mol. The minimum Gasteiger partial charge on any atom is -0.393 e. The van der Waals surface area contributed by atoms with Crippen LogP contribution in [0.2, 0.25) is 0 Å². The Hall–Kier alpha value is -0.630. The van der Waals surface area contributed by atoms with Gasteiger partial charge in [0.2, 0.25) is 0 Å². The van der Waals surface area contributed by atoms with Gasteiger partial charge in [0, 0.05) is 12.0 Å². The first kappa shape index (κ1) is 21.6. The molecule has 0 aliphatic heterocycles. The van der Waals surface area contributed by atoms with Crippen LogP contribution in [0.3, 0.4) is 0 Å². The van der Waals surface area contributed by atoms with Gasteiger partial charge < -0.3 is 5.11 Å². The Morgan fingerprint density at radius 1 is 1.07 bits per heavy atom. The van der Waals surface area contributed by atoms with Gasteiger partial charge in [-0.1, -0.05) is 59.5 Å². The summed E-state index contributed by atoms with van der Waals surface area (Å²) in [6.07, 6.45) is 12.4. The molecule has 0 radical (unpaired) electrons. The molecule has 2 nitrogen and oxygen atoms in total. The second-order valence-corrected chi connectivity index (χ2v) is 12.1. The second-order valence-electron chi connectivity index (χ2n) is 12.1. The number of hydrogen-bond donors (Lipinski definition) is 1. The molecule has 1 N–H and O–H groups in total. The molecule has 1 unspecified atom stereocenters. The van der Waals surface area contributed by atoms with Crippen LogP contribution in [0, 0.1) is 40.4 Å². The molecule has 0 aromatic rings. The van der Waals surface area contributed by atoms with Crippen molar-refractivity contribution in [2.75, 3.05) is 0 Å². The van der Waals surface area contributed by atoms with Crippen molar-refractivity contribution in [3.8, 4) is 0 Å². The van der Waals surface area contributed by atoms with Gasteiger partial charge in [-0.05, 0) is 85.4 Å². The van der Waals surface area contributed by atoms with E-state index in [4.69, 9.17) is 0 Å². The van der Waals surface area contributed by atoms with Crippen LogP contribution >= 0.6 is 0 Å². The van der Waals surface area contributed by atoms with Crippen molar-refractivity contribution in [2.24, 2.45) is 40.4 Å². The van der Waals surface area contributed by atoms with E-state index >= 15 is 0 Å². The van der Waals surface area contributed by atoms with Gasteiger partial charge in [-0.2, -0.15) is 0 Å². The normalized spacial score (nSPS) is 43.2. The van der Waals surface area contributed by atoms with Gasteiger partial charge in [-0.3, -0.25) is 4.79 Å². The number of hydrogen-bond acceptors (Lipinski definition) is 2. The van der Waals surface area contributed by atoms with Crippen LogP contribution < -0.4 is 0 Å². The molecule has 4 aliphatic rings. The molecule has 4 aliphatic carbocycles. The molecule has 29 heavy (non-hydrogen) atoms. The topological polar surface area (TPSA) is 37.3 Å². The van der Waals surface area contributed by atoms with Crippen molar-refractivity contribution >= 4 is 5.78 Å². The van der Waals surface area contributed by atoms with E-state index in [9.17, 15) is 9.90 Å². The van der Waals surface area contributed by atoms with Gasteiger partial charge in [0.1, 0.15) is 0 Å². The fourth-order valence-electron chi connectivity index (χ4n) is 8.22. The number of fused-ring (bicyclic) bond motifs is 4. The molecule has 164 valence electrons. The molecular weight excluding hydrogens is 356 g/mol. The molecule has 0 saturated heterocycles.